The van der Waals surface area contributed by atoms with Crippen molar-refractivity contribution in [3.05, 3.63) is 41.7 Å². The summed E-state index contributed by atoms with van der Waals surface area (Å²) in [5.74, 6) is -0.171. The first-order valence-electron chi connectivity index (χ1n) is 5.73. The van der Waals surface area contributed by atoms with Gasteiger partial charge < -0.3 is 10.1 Å². The molecule has 0 fully saturated rings. The van der Waals surface area contributed by atoms with Crippen LogP contribution in [0.2, 0.25) is 0 Å². The Balaban J connectivity index is 2.42. The van der Waals surface area contributed by atoms with E-state index in [9.17, 15) is 13.2 Å². The standard InChI is InChI=1S/C13H9F3N4O/c1-18-11-6-19-7-12(20-11)21-10-3-2-8(5-17)4-9(10)13(14,15)16/h2-4,6-7H,1H3,(H,18,20). The highest BCUT2D eigenvalue weighted by molar-refractivity contribution is 5.45. The van der Waals surface area contributed by atoms with Gasteiger partial charge in [-0.15, -0.1) is 0 Å². The molecule has 1 aromatic carbocycles. The summed E-state index contributed by atoms with van der Waals surface area (Å²) >= 11 is 0. The topological polar surface area (TPSA) is 70.8 Å². The highest BCUT2D eigenvalue weighted by atomic mass is 19.4. The van der Waals surface area contributed by atoms with Crippen LogP contribution in [0.3, 0.4) is 0 Å². The van der Waals surface area contributed by atoms with Gasteiger partial charge in [-0.2, -0.15) is 23.4 Å². The Morgan fingerprint density at radius 2 is 2.05 bits per heavy atom. The Kier molecular flexibility index (Phi) is 3.93. The van der Waals surface area contributed by atoms with Crippen molar-refractivity contribution < 1.29 is 17.9 Å². The fraction of sp³-hybridized carbons (Fsp3) is 0.154. The molecule has 21 heavy (non-hydrogen) atoms. The molecule has 0 spiro atoms. The Hall–Kier alpha value is -2.82. The van der Waals surface area contributed by atoms with Gasteiger partial charge in [-0.3, -0.25) is 4.98 Å². The maximum Gasteiger partial charge on any atom is 0.420 e. The number of nitrogens with zero attached hydrogens (tertiary/aromatic N) is 3. The average molecular weight is 294 g/mol. The largest absolute Gasteiger partial charge is 0.437 e. The molecule has 0 bridgehead atoms. The second kappa shape index (κ2) is 5.66. The quantitative estimate of drug-likeness (QED) is 0.941. The SMILES string of the molecule is CNc1cncc(Oc2ccc(C#N)cc2C(F)(F)F)n1. The first kappa shape index (κ1) is 14.6. The zero-order valence-corrected chi connectivity index (χ0v) is 10.8. The minimum atomic E-state index is -4.64. The number of alkyl halides is 3. The van der Waals surface area contributed by atoms with E-state index < -0.39 is 17.5 Å². The number of halogens is 3. The van der Waals surface area contributed by atoms with Crippen molar-refractivity contribution in [2.45, 2.75) is 6.18 Å². The van der Waals surface area contributed by atoms with Gasteiger partial charge in [0.15, 0.2) is 0 Å². The zero-order chi connectivity index (χ0) is 15.5. The lowest BCUT2D eigenvalue weighted by atomic mass is 10.1. The fourth-order valence-corrected chi connectivity index (χ4v) is 1.54. The van der Waals surface area contributed by atoms with E-state index in [0.29, 0.717) is 5.82 Å². The summed E-state index contributed by atoms with van der Waals surface area (Å²) in [5, 5.41) is 11.4. The molecule has 108 valence electrons. The van der Waals surface area contributed by atoms with Crippen molar-refractivity contribution >= 4 is 5.82 Å². The van der Waals surface area contributed by atoms with Crippen molar-refractivity contribution in [1.29, 1.82) is 5.26 Å². The van der Waals surface area contributed by atoms with Gasteiger partial charge in [-0.05, 0) is 18.2 Å². The van der Waals surface area contributed by atoms with Gasteiger partial charge in [0.05, 0.1) is 29.6 Å². The van der Waals surface area contributed by atoms with E-state index in [0.717, 1.165) is 12.1 Å². The molecule has 0 atom stereocenters. The lowest BCUT2D eigenvalue weighted by Gasteiger charge is -2.13. The van der Waals surface area contributed by atoms with Crippen LogP contribution in [0.15, 0.2) is 30.6 Å². The van der Waals surface area contributed by atoms with Crippen molar-refractivity contribution in [1.82, 2.24) is 9.97 Å². The van der Waals surface area contributed by atoms with Crippen LogP contribution in [0.4, 0.5) is 19.0 Å². The van der Waals surface area contributed by atoms with E-state index in [1.54, 1.807) is 13.1 Å². The second-order valence-electron chi connectivity index (χ2n) is 3.92. The van der Waals surface area contributed by atoms with Crippen LogP contribution in [0.5, 0.6) is 11.6 Å². The van der Waals surface area contributed by atoms with E-state index >= 15 is 0 Å². The number of benzene rings is 1. The minimum absolute atomic E-state index is 0.0861. The molecule has 8 heteroatoms. The lowest BCUT2D eigenvalue weighted by Crippen LogP contribution is -2.08. The van der Waals surface area contributed by atoms with Gasteiger partial charge in [0.1, 0.15) is 11.6 Å². The smallest absolute Gasteiger partial charge is 0.420 e. The van der Waals surface area contributed by atoms with Gasteiger partial charge in [0.2, 0.25) is 5.88 Å². The summed E-state index contributed by atoms with van der Waals surface area (Å²) in [6.07, 6.45) is -2.05. The van der Waals surface area contributed by atoms with Crippen LogP contribution in [0.25, 0.3) is 0 Å². The van der Waals surface area contributed by atoms with E-state index in [-0.39, 0.29) is 11.4 Å². The first-order chi connectivity index (χ1) is 9.94. The lowest BCUT2D eigenvalue weighted by molar-refractivity contribution is -0.138. The molecule has 1 N–H and O–H groups in total. The number of aromatic nitrogens is 2. The highest BCUT2D eigenvalue weighted by Gasteiger charge is 2.35. The number of hydrogen-bond acceptors (Lipinski definition) is 5. The Bertz CT molecular complexity index is 695. The molecule has 0 unspecified atom stereocenters. The predicted octanol–water partition coefficient (Wildman–Crippen LogP) is 3.20. The Labute approximate surface area is 118 Å². The molecule has 1 aromatic heterocycles. The Morgan fingerprint density at radius 1 is 1.29 bits per heavy atom. The third kappa shape index (κ3) is 3.39. The average Bonchev–Trinajstić information content (AvgIpc) is 2.46. The molecular weight excluding hydrogens is 285 g/mol. The van der Waals surface area contributed by atoms with Crippen LogP contribution in [0.1, 0.15) is 11.1 Å². The summed E-state index contributed by atoms with van der Waals surface area (Å²) in [4.78, 5) is 7.72. The molecule has 1 heterocycles. The van der Waals surface area contributed by atoms with Crippen LogP contribution in [-0.2, 0) is 6.18 Å². The van der Waals surface area contributed by atoms with Crippen LogP contribution >= 0.6 is 0 Å². The van der Waals surface area contributed by atoms with Gasteiger partial charge in [-0.25, -0.2) is 0 Å². The number of rotatable bonds is 3. The normalized spacial score (nSPS) is 10.8. The van der Waals surface area contributed by atoms with Gasteiger partial charge >= 0.3 is 6.18 Å². The summed E-state index contributed by atoms with van der Waals surface area (Å²) in [5.41, 5.74) is -1.15. The molecule has 2 rings (SSSR count). The molecule has 0 saturated carbocycles. The number of nitrogens with one attached hydrogen (secondary N) is 1. The molecule has 0 radical (unpaired) electrons. The number of hydrogen-bond donors (Lipinski definition) is 1. The van der Waals surface area contributed by atoms with Gasteiger partial charge in [-0.1, -0.05) is 0 Å². The number of nitriles is 1. The van der Waals surface area contributed by atoms with E-state index in [1.807, 2.05) is 0 Å². The number of ether oxygens (including phenoxy) is 1. The third-order valence-corrected chi connectivity index (χ3v) is 2.50. The maximum absolute atomic E-state index is 13.0. The van der Waals surface area contributed by atoms with E-state index in [4.69, 9.17) is 10.00 Å². The molecule has 0 aliphatic carbocycles. The molecule has 2 aromatic rings. The van der Waals surface area contributed by atoms with Crippen LogP contribution in [-0.4, -0.2) is 17.0 Å². The second-order valence-corrected chi connectivity index (χ2v) is 3.92. The minimum Gasteiger partial charge on any atom is -0.437 e. The third-order valence-electron chi connectivity index (χ3n) is 2.50. The first-order valence-corrected chi connectivity index (χ1v) is 5.73. The predicted molar refractivity (Wildman–Crippen MR) is 67.8 cm³/mol. The van der Waals surface area contributed by atoms with Crippen molar-refractivity contribution in [2.24, 2.45) is 0 Å². The van der Waals surface area contributed by atoms with Gasteiger partial charge in [0.25, 0.3) is 0 Å². The summed E-state index contributed by atoms with van der Waals surface area (Å²) in [6.45, 7) is 0. The highest BCUT2D eigenvalue weighted by Crippen LogP contribution is 2.38. The van der Waals surface area contributed by atoms with E-state index in [1.165, 1.54) is 18.5 Å². The molecule has 0 aliphatic rings. The zero-order valence-electron chi connectivity index (χ0n) is 10.8. The van der Waals surface area contributed by atoms with Crippen molar-refractivity contribution in [3.63, 3.8) is 0 Å². The summed E-state index contributed by atoms with van der Waals surface area (Å²) < 4.78 is 44.1. The van der Waals surface area contributed by atoms with Gasteiger partial charge in [0, 0.05) is 7.05 Å². The van der Waals surface area contributed by atoms with Crippen molar-refractivity contribution in [2.75, 3.05) is 12.4 Å². The van der Waals surface area contributed by atoms with Crippen molar-refractivity contribution in [3.8, 4) is 17.7 Å². The molecular formula is C13H9F3N4O. The number of anilines is 1. The summed E-state index contributed by atoms with van der Waals surface area (Å²) in [7, 11) is 1.59. The van der Waals surface area contributed by atoms with Crippen LogP contribution < -0.4 is 10.1 Å². The molecule has 0 saturated heterocycles. The van der Waals surface area contributed by atoms with E-state index in [2.05, 4.69) is 15.3 Å². The fourth-order valence-electron chi connectivity index (χ4n) is 1.54. The Morgan fingerprint density at radius 3 is 2.67 bits per heavy atom. The molecule has 0 aliphatic heterocycles. The summed E-state index contributed by atoms with van der Waals surface area (Å²) in [6, 6.07) is 4.70. The maximum atomic E-state index is 13.0. The molecule has 0 amide bonds. The van der Waals surface area contributed by atoms with Crippen LogP contribution in [0, 0.1) is 11.3 Å². The molecule has 5 nitrogen and oxygen atoms in total. The monoisotopic (exact) mass is 294 g/mol.